The summed E-state index contributed by atoms with van der Waals surface area (Å²) < 4.78 is 1.56. The number of hydrogen-bond donors (Lipinski definition) is 2. The van der Waals surface area contributed by atoms with Crippen LogP contribution in [0.25, 0.3) is 0 Å². The third-order valence-corrected chi connectivity index (χ3v) is 6.20. The van der Waals surface area contributed by atoms with Crippen LogP contribution >= 0.6 is 11.6 Å². The maximum Gasteiger partial charge on any atom is 0.273 e. The number of nitrogens with one attached hydrogen (secondary N) is 2. The molecule has 0 spiro atoms. The fourth-order valence-corrected chi connectivity index (χ4v) is 4.70. The Morgan fingerprint density at radius 3 is 2.74 bits per heavy atom. The summed E-state index contributed by atoms with van der Waals surface area (Å²) in [6.45, 7) is 4.59. The van der Waals surface area contributed by atoms with Gasteiger partial charge in [-0.05, 0) is 31.2 Å². The molecule has 2 aliphatic heterocycles. The number of rotatable bonds is 3. The summed E-state index contributed by atoms with van der Waals surface area (Å²) in [5, 5.41) is 4.50. The Morgan fingerprint density at radius 1 is 1.30 bits per heavy atom. The van der Waals surface area contributed by atoms with E-state index >= 15 is 0 Å². The Balaban J connectivity index is 1.42. The molecule has 3 heterocycles. The molecule has 2 saturated heterocycles. The summed E-state index contributed by atoms with van der Waals surface area (Å²) in [6.07, 6.45) is 3.51. The van der Waals surface area contributed by atoms with Gasteiger partial charge in [0.05, 0.1) is 11.2 Å². The smallest absolute Gasteiger partial charge is 0.273 e. The number of nitrogens with zero attached hydrogens (tertiary/aromatic N) is 3. The molecule has 2 aliphatic rings. The molecule has 2 aromatic rings. The number of aromatic nitrogens is 2. The number of hydrogen-bond acceptors (Lipinski definition) is 4. The molecular formula is C20H26ClN5O. The minimum absolute atomic E-state index is 0.0220. The van der Waals surface area contributed by atoms with E-state index in [-0.39, 0.29) is 5.91 Å². The van der Waals surface area contributed by atoms with Gasteiger partial charge >= 0.3 is 0 Å². The second-order valence-electron chi connectivity index (χ2n) is 7.67. The molecule has 2 atom stereocenters. The molecule has 7 heteroatoms. The van der Waals surface area contributed by atoms with E-state index in [0.29, 0.717) is 28.6 Å². The third-order valence-electron chi connectivity index (χ3n) is 5.93. The molecular weight excluding hydrogens is 362 g/mol. The van der Waals surface area contributed by atoms with Gasteiger partial charge in [-0.25, -0.2) is 0 Å². The predicted octanol–water partition coefficient (Wildman–Crippen LogP) is 2.49. The lowest BCUT2D eigenvalue weighted by atomic mass is 9.80. The van der Waals surface area contributed by atoms with Crippen LogP contribution in [-0.2, 0) is 7.05 Å². The summed E-state index contributed by atoms with van der Waals surface area (Å²) in [6, 6.07) is 9.18. The van der Waals surface area contributed by atoms with Crippen molar-refractivity contribution >= 4 is 17.5 Å². The summed E-state index contributed by atoms with van der Waals surface area (Å²) in [5.41, 5.74) is 10.0. The fourth-order valence-electron chi connectivity index (χ4n) is 4.45. The first kappa shape index (κ1) is 18.5. The second kappa shape index (κ2) is 7.62. The third kappa shape index (κ3) is 3.61. The lowest BCUT2D eigenvalue weighted by Crippen LogP contribution is -2.46. The summed E-state index contributed by atoms with van der Waals surface area (Å²) in [5.74, 6) is 0.978. The van der Waals surface area contributed by atoms with Gasteiger partial charge in [-0.2, -0.15) is 5.10 Å². The summed E-state index contributed by atoms with van der Waals surface area (Å²) in [7, 11) is 1.76. The van der Waals surface area contributed by atoms with E-state index in [1.54, 1.807) is 11.7 Å². The number of hydrazine groups is 1. The van der Waals surface area contributed by atoms with Crippen molar-refractivity contribution in [3.05, 3.63) is 52.3 Å². The number of carbonyl (C=O) groups excluding carboxylic acids is 1. The molecule has 0 aliphatic carbocycles. The maximum absolute atomic E-state index is 12.8. The average molecular weight is 388 g/mol. The first-order valence-corrected chi connectivity index (χ1v) is 9.94. The van der Waals surface area contributed by atoms with Crippen LogP contribution < -0.4 is 10.9 Å². The highest BCUT2D eigenvalue weighted by Crippen LogP contribution is 2.33. The molecule has 6 nitrogen and oxygen atoms in total. The van der Waals surface area contributed by atoms with Crippen molar-refractivity contribution in [1.82, 2.24) is 25.5 Å². The normalized spacial score (nSPS) is 23.7. The lowest BCUT2D eigenvalue weighted by molar-refractivity contribution is 0.0659. The fraction of sp³-hybridized carbons (Fsp3) is 0.500. The van der Waals surface area contributed by atoms with Crippen molar-refractivity contribution in [2.45, 2.75) is 31.7 Å². The van der Waals surface area contributed by atoms with E-state index in [9.17, 15) is 4.79 Å². The molecule has 1 aromatic carbocycles. The Kier molecular flexibility index (Phi) is 5.21. The number of carbonyl (C=O) groups is 1. The van der Waals surface area contributed by atoms with Gasteiger partial charge in [-0.15, -0.1) is 0 Å². The van der Waals surface area contributed by atoms with Gasteiger partial charge in [0.2, 0.25) is 0 Å². The van der Waals surface area contributed by atoms with Crippen LogP contribution in [0, 0.1) is 12.8 Å². The van der Waals surface area contributed by atoms with Crippen molar-refractivity contribution in [3.8, 4) is 0 Å². The van der Waals surface area contributed by atoms with Gasteiger partial charge in [0.25, 0.3) is 5.91 Å². The number of halogens is 1. The molecule has 144 valence electrons. The van der Waals surface area contributed by atoms with Crippen LogP contribution in [0.1, 0.15) is 40.4 Å². The molecule has 0 bridgehead atoms. The first-order valence-electron chi connectivity index (χ1n) is 9.56. The molecule has 2 fully saturated rings. The Labute approximate surface area is 164 Å². The first-order chi connectivity index (χ1) is 13.0. The van der Waals surface area contributed by atoms with Gasteiger partial charge in [0.1, 0.15) is 5.69 Å². The van der Waals surface area contributed by atoms with Gasteiger partial charge in [0, 0.05) is 38.6 Å². The van der Waals surface area contributed by atoms with Crippen LogP contribution in [0.15, 0.2) is 30.5 Å². The Hall–Kier alpha value is -1.89. The lowest BCUT2D eigenvalue weighted by Gasteiger charge is -2.36. The molecule has 4 rings (SSSR count). The van der Waals surface area contributed by atoms with Crippen LogP contribution in [0.4, 0.5) is 0 Å². The SMILES string of the molecule is Cc1cccc(C2CNNC2C2CCN(C(=O)c3c(Cl)cnn3C)CC2)c1. The van der Waals surface area contributed by atoms with Gasteiger partial charge < -0.3 is 4.90 Å². The predicted molar refractivity (Wildman–Crippen MR) is 106 cm³/mol. The Morgan fingerprint density at radius 2 is 2.07 bits per heavy atom. The van der Waals surface area contributed by atoms with Crippen molar-refractivity contribution < 1.29 is 4.79 Å². The monoisotopic (exact) mass is 387 g/mol. The van der Waals surface area contributed by atoms with Gasteiger partial charge in [-0.1, -0.05) is 41.4 Å². The average Bonchev–Trinajstić information content (AvgIpc) is 3.28. The number of piperidine rings is 1. The number of aryl methyl sites for hydroxylation is 2. The van der Waals surface area contributed by atoms with Crippen molar-refractivity contribution in [2.75, 3.05) is 19.6 Å². The zero-order valence-corrected chi connectivity index (χ0v) is 16.5. The van der Waals surface area contributed by atoms with E-state index < -0.39 is 0 Å². The van der Waals surface area contributed by atoms with Crippen LogP contribution in [-0.4, -0.2) is 46.3 Å². The zero-order chi connectivity index (χ0) is 19.0. The van der Waals surface area contributed by atoms with Crippen LogP contribution in [0.2, 0.25) is 5.02 Å². The molecule has 0 radical (unpaired) electrons. The molecule has 2 unspecified atom stereocenters. The molecule has 2 N–H and O–H groups in total. The van der Waals surface area contributed by atoms with E-state index in [0.717, 1.165) is 32.5 Å². The van der Waals surface area contributed by atoms with E-state index in [1.165, 1.54) is 17.3 Å². The molecule has 27 heavy (non-hydrogen) atoms. The maximum atomic E-state index is 12.8. The highest BCUT2D eigenvalue weighted by molar-refractivity contribution is 6.33. The van der Waals surface area contributed by atoms with E-state index in [4.69, 9.17) is 11.6 Å². The minimum atomic E-state index is -0.0220. The molecule has 1 aromatic heterocycles. The minimum Gasteiger partial charge on any atom is -0.337 e. The van der Waals surface area contributed by atoms with Gasteiger partial charge in [-0.3, -0.25) is 20.3 Å². The molecule has 0 saturated carbocycles. The quantitative estimate of drug-likeness (QED) is 0.849. The highest BCUT2D eigenvalue weighted by Gasteiger charge is 2.37. The van der Waals surface area contributed by atoms with Crippen LogP contribution in [0.3, 0.4) is 0 Å². The largest absolute Gasteiger partial charge is 0.337 e. The topological polar surface area (TPSA) is 62.2 Å². The Bertz CT molecular complexity index is 808. The number of likely N-dealkylation sites (tertiary alicyclic amines) is 1. The summed E-state index contributed by atoms with van der Waals surface area (Å²) in [4.78, 5) is 14.7. The molecule has 1 amide bonds. The highest BCUT2D eigenvalue weighted by atomic mass is 35.5. The number of amides is 1. The van der Waals surface area contributed by atoms with Crippen LogP contribution in [0.5, 0.6) is 0 Å². The zero-order valence-electron chi connectivity index (χ0n) is 15.8. The van der Waals surface area contributed by atoms with Gasteiger partial charge in [0.15, 0.2) is 0 Å². The standard InChI is InChI=1S/C20H26ClN5O/c1-13-4-3-5-15(10-13)16-11-22-24-18(16)14-6-8-26(9-7-14)20(27)19-17(21)12-23-25(19)2/h3-5,10,12,14,16,18,22,24H,6-9,11H2,1-2H3. The van der Waals surface area contributed by atoms with E-state index in [1.807, 2.05) is 4.90 Å². The van der Waals surface area contributed by atoms with Crippen molar-refractivity contribution in [3.63, 3.8) is 0 Å². The van der Waals surface area contributed by atoms with Crippen molar-refractivity contribution in [2.24, 2.45) is 13.0 Å². The van der Waals surface area contributed by atoms with Crippen molar-refractivity contribution in [1.29, 1.82) is 0 Å². The van der Waals surface area contributed by atoms with E-state index in [2.05, 4.69) is 47.1 Å². The number of benzene rings is 1. The second-order valence-corrected chi connectivity index (χ2v) is 8.07. The summed E-state index contributed by atoms with van der Waals surface area (Å²) >= 11 is 6.14.